The van der Waals surface area contributed by atoms with E-state index in [-0.39, 0.29) is 36.9 Å². The van der Waals surface area contributed by atoms with Gasteiger partial charge in [0.15, 0.2) is 0 Å². The van der Waals surface area contributed by atoms with E-state index >= 15 is 0 Å². The molecule has 0 aliphatic carbocycles. The van der Waals surface area contributed by atoms with Gasteiger partial charge >= 0.3 is 18.2 Å². The molecule has 0 fully saturated rings. The van der Waals surface area contributed by atoms with Gasteiger partial charge < -0.3 is 28.9 Å². The predicted molar refractivity (Wildman–Crippen MR) is 98.3 cm³/mol. The van der Waals surface area contributed by atoms with Crippen LogP contribution in [0.4, 0.5) is 19.0 Å². The first-order valence-corrected chi connectivity index (χ1v) is 9.02. The fourth-order valence-corrected chi connectivity index (χ4v) is 3.12. The van der Waals surface area contributed by atoms with E-state index in [0.29, 0.717) is 17.9 Å². The number of imidazole rings is 2. The third kappa shape index (κ3) is 4.60. The molecule has 0 amide bonds. The third-order valence-corrected chi connectivity index (χ3v) is 4.61. The van der Waals surface area contributed by atoms with Crippen molar-refractivity contribution in [3.05, 3.63) is 52.5 Å². The lowest BCUT2D eigenvalue weighted by Crippen LogP contribution is -2.32. The molecule has 31 heavy (non-hydrogen) atoms. The molecule has 2 aromatic heterocycles. The fourth-order valence-electron chi connectivity index (χ4n) is 3.12. The topological polar surface area (TPSA) is 106 Å². The van der Waals surface area contributed by atoms with Crippen molar-refractivity contribution in [1.82, 2.24) is 19.1 Å². The number of alkyl halides is 3. The van der Waals surface area contributed by atoms with Crippen LogP contribution in [-0.4, -0.2) is 43.1 Å². The predicted octanol–water partition coefficient (Wildman–Crippen LogP) is 3.07. The van der Waals surface area contributed by atoms with Crippen molar-refractivity contribution in [1.29, 1.82) is 0 Å². The van der Waals surface area contributed by atoms with Crippen LogP contribution < -0.4 is 9.47 Å². The second-order valence-corrected chi connectivity index (χ2v) is 6.74. The Morgan fingerprint density at radius 1 is 1.32 bits per heavy atom. The van der Waals surface area contributed by atoms with Crippen molar-refractivity contribution in [2.24, 2.45) is 7.05 Å². The van der Waals surface area contributed by atoms with E-state index in [2.05, 4.69) is 14.7 Å². The Labute approximate surface area is 172 Å². The molecule has 0 spiro atoms. The molecule has 0 unspecified atom stereocenters. The maximum absolute atomic E-state index is 12.3. The molecule has 1 aliphatic rings. The van der Waals surface area contributed by atoms with Gasteiger partial charge in [0.05, 0.1) is 25.0 Å². The van der Waals surface area contributed by atoms with Crippen LogP contribution in [0.5, 0.6) is 11.8 Å². The highest BCUT2D eigenvalue weighted by Crippen LogP contribution is 2.27. The zero-order chi connectivity index (χ0) is 22.2. The van der Waals surface area contributed by atoms with E-state index in [1.165, 1.54) is 35.0 Å². The maximum atomic E-state index is 12.3. The lowest BCUT2D eigenvalue weighted by Gasteiger charge is -2.22. The summed E-state index contributed by atoms with van der Waals surface area (Å²) in [7, 11) is 1.76. The molecule has 3 heterocycles. The van der Waals surface area contributed by atoms with Crippen molar-refractivity contribution < 1.29 is 32.3 Å². The second-order valence-electron chi connectivity index (χ2n) is 6.74. The first kappa shape index (κ1) is 20.7. The Hall–Kier alpha value is -3.61. The van der Waals surface area contributed by atoms with Crippen molar-refractivity contribution >= 4 is 5.82 Å². The summed E-state index contributed by atoms with van der Waals surface area (Å²) in [4.78, 5) is 18.3. The van der Waals surface area contributed by atoms with Gasteiger partial charge in [-0.3, -0.25) is 4.57 Å². The van der Waals surface area contributed by atoms with Crippen molar-refractivity contribution in [2.75, 3.05) is 6.61 Å². The molecule has 4 rings (SSSR count). The third-order valence-electron chi connectivity index (χ3n) is 4.61. The molecule has 0 radical (unpaired) electrons. The molecule has 164 valence electrons. The van der Waals surface area contributed by atoms with Gasteiger partial charge in [0.1, 0.15) is 30.5 Å². The Balaban J connectivity index is 1.39. The van der Waals surface area contributed by atoms with Crippen molar-refractivity contribution in [3.63, 3.8) is 0 Å². The van der Waals surface area contributed by atoms with Crippen LogP contribution in [-0.2, 0) is 24.9 Å². The number of benzene rings is 1. The van der Waals surface area contributed by atoms with E-state index in [1.54, 1.807) is 17.8 Å². The first-order chi connectivity index (χ1) is 14.7. The molecule has 10 nitrogen and oxygen atoms in total. The molecule has 13 heteroatoms. The Morgan fingerprint density at radius 2 is 2.06 bits per heavy atom. The highest BCUT2D eigenvalue weighted by molar-refractivity contribution is 5.57. The van der Waals surface area contributed by atoms with Crippen LogP contribution in [0.15, 0.2) is 36.7 Å². The van der Waals surface area contributed by atoms with Crippen LogP contribution in [0.25, 0.3) is 11.4 Å². The Bertz CT molecular complexity index is 1090. The highest BCUT2D eigenvalue weighted by atomic mass is 19.4. The van der Waals surface area contributed by atoms with Gasteiger partial charge in [-0.05, 0) is 29.2 Å². The van der Waals surface area contributed by atoms with E-state index in [4.69, 9.17) is 9.47 Å². The van der Waals surface area contributed by atoms with Crippen molar-refractivity contribution in [2.45, 2.75) is 25.6 Å². The van der Waals surface area contributed by atoms with Crippen LogP contribution >= 0.6 is 0 Å². The molecule has 0 N–H and O–H groups in total. The summed E-state index contributed by atoms with van der Waals surface area (Å²) in [5.74, 6) is -0.0615. The molecule has 0 saturated carbocycles. The lowest BCUT2D eigenvalue weighted by molar-refractivity contribution is -0.389. The Kier molecular flexibility index (Phi) is 5.27. The van der Waals surface area contributed by atoms with Gasteiger partial charge in [-0.2, -0.15) is 0 Å². The normalized spacial score (nSPS) is 15.9. The van der Waals surface area contributed by atoms with Gasteiger partial charge in [-0.15, -0.1) is 13.2 Å². The zero-order valence-corrected chi connectivity index (χ0v) is 16.1. The zero-order valence-electron chi connectivity index (χ0n) is 16.1. The maximum Gasteiger partial charge on any atom is 0.573 e. The summed E-state index contributed by atoms with van der Waals surface area (Å²) in [6.07, 6.45) is -2.20. The summed E-state index contributed by atoms with van der Waals surface area (Å²) >= 11 is 0. The quantitative estimate of drug-likeness (QED) is 0.429. The first-order valence-electron chi connectivity index (χ1n) is 9.02. The number of nitro groups is 1. The number of rotatable bonds is 6. The van der Waals surface area contributed by atoms with Gasteiger partial charge in [0.2, 0.25) is 0 Å². The average molecular weight is 439 g/mol. The molecule has 0 bridgehead atoms. The largest absolute Gasteiger partial charge is 0.573 e. The lowest BCUT2D eigenvalue weighted by atomic mass is 10.2. The van der Waals surface area contributed by atoms with Crippen molar-refractivity contribution in [3.8, 4) is 23.1 Å². The van der Waals surface area contributed by atoms with Gasteiger partial charge in [0.25, 0.3) is 0 Å². The molecular weight excluding hydrogens is 423 g/mol. The van der Waals surface area contributed by atoms with Crippen LogP contribution in [0.2, 0.25) is 0 Å². The van der Waals surface area contributed by atoms with Gasteiger partial charge in [-0.1, -0.05) is 0 Å². The summed E-state index contributed by atoms with van der Waals surface area (Å²) in [5.41, 5.74) is 1.34. The minimum Gasteiger partial charge on any atom is -0.443 e. The summed E-state index contributed by atoms with van der Waals surface area (Å²) in [6, 6.07) is 5.57. The summed E-state index contributed by atoms with van der Waals surface area (Å²) in [6.45, 7) is 0.736. The SMILES string of the molecule is Cn1c(CO[C@@H]2COc3nc([N+](=O)[O-])cn3C2)cnc1-c1ccc(OC(F)(F)F)cc1. The fraction of sp³-hybridized carbons (Fsp3) is 0.333. The smallest absolute Gasteiger partial charge is 0.443 e. The number of ether oxygens (including phenoxy) is 3. The Morgan fingerprint density at radius 3 is 2.74 bits per heavy atom. The minimum atomic E-state index is -4.75. The molecule has 3 aromatic rings. The van der Waals surface area contributed by atoms with E-state index in [9.17, 15) is 23.3 Å². The number of nitrogens with zero attached hydrogens (tertiary/aromatic N) is 5. The average Bonchev–Trinajstić information content (AvgIpc) is 3.29. The van der Waals surface area contributed by atoms with Gasteiger partial charge in [0, 0.05) is 17.6 Å². The number of fused-ring (bicyclic) bond motifs is 1. The second kappa shape index (κ2) is 7.91. The number of aromatic nitrogens is 4. The van der Waals surface area contributed by atoms with Crippen LogP contribution in [0.1, 0.15) is 5.69 Å². The van der Waals surface area contributed by atoms with E-state index in [1.807, 2.05) is 0 Å². The minimum absolute atomic E-state index is 0.173. The summed E-state index contributed by atoms with van der Waals surface area (Å²) in [5, 5.41) is 10.8. The standard InChI is InChI=1S/C18H16F3N5O5/c1-24-12(6-22-16(24)11-2-4-13(5-3-11)31-18(19,20)21)9-29-14-7-25-8-15(26(27)28)23-17(25)30-10-14/h2-6,8,14H,7,9-10H2,1H3/t14-/m0/s1. The number of hydrogen-bond acceptors (Lipinski definition) is 7. The monoisotopic (exact) mass is 439 g/mol. The van der Waals surface area contributed by atoms with Crippen LogP contribution in [0.3, 0.4) is 0 Å². The van der Waals surface area contributed by atoms with Crippen LogP contribution in [0, 0.1) is 10.1 Å². The molecular formula is C18H16F3N5O5. The molecule has 1 aromatic carbocycles. The number of hydrogen-bond donors (Lipinski definition) is 0. The molecule has 1 aliphatic heterocycles. The molecule has 0 saturated heterocycles. The highest BCUT2D eigenvalue weighted by Gasteiger charge is 2.31. The van der Waals surface area contributed by atoms with E-state index in [0.717, 1.165) is 5.69 Å². The molecule has 1 atom stereocenters. The number of halogens is 3. The van der Waals surface area contributed by atoms with E-state index < -0.39 is 11.3 Å². The van der Waals surface area contributed by atoms with Gasteiger partial charge in [-0.25, -0.2) is 4.98 Å². The summed E-state index contributed by atoms with van der Waals surface area (Å²) < 4.78 is 55.3.